The van der Waals surface area contributed by atoms with E-state index >= 15 is 0 Å². The summed E-state index contributed by atoms with van der Waals surface area (Å²) in [4.78, 5) is 12.9. The van der Waals surface area contributed by atoms with Crippen LogP contribution in [0.5, 0.6) is 0 Å². The van der Waals surface area contributed by atoms with E-state index in [0.717, 1.165) is 41.9 Å². The van der Waals surface area contributed by atoms with E-state index in [1.807, 2.05) is 0 Å². The molecule has 1 aliphatic rings. The van der Waals surface area contributed by atoms with Crippen LogP contribution in [0.3, 0.4) is 0 Å². The number of benzene rings is 1. The number of nitrogens with two attached hydrogens (primary N) is 1. The smallest absolute Gasteiger partial charge is 0.265 e. The quantitative estimate of drug-likeness (QED) is 0.864. The fourth-order valence-corrected chi connectivity index (χ4v) is 3.91. The first-order valence-corrected chi connectivity index (χ1v) is 9.43. The number of amides is 1. The highest BCUT2D eigenvalue weighted by molar-refractivity contribution is 7.89. The summed E-state index contributed by atoms with van der Waals surface area (Å²) in [6.07, 6.45) is 2.44. The van der Waals surface area contributed by atoms with Crippen LogP contribution in [-0.2, 0) is 16.4 Å². The van der Waals surface area contributed by atoms with Crippen LogP contribution < -0.4 is 10.5 Å². The van der Waals surface area contributed by atoms with E-state index < -0.39 is 10.0 Å². The van der Waals surface area contributed by atoms with Gasteiger partial charge in [0, 0.05) is 0 Å². The normalized spacial score (nSPS) is 17.6. The molecule has 0 saturated heterocycles. The van der Waals surface area contributed by atoms with Crippen LogP contribution in [0.15, 0.2) is 23.1 Å². The van der Waals surface area contributed by atoms with Gasteiger partial charge in [-0.25, -0.2) is 13.6 Å². The van der Waals surface area contributed by atoms with Crippen LogP contribution in [0.4, 0.5) is 0 Å². The molecule has 2 aromatic rings. The minimum atomic E-state index is -3.72. The summed E-state index contributed by atoms with van der Waals surface area (Å²) in [5, 5.41) is 12.0. The average molecular weight is 352 g/mol. The van der Waals surface area contributed by atoms with E-state index in [2.05, 4.69) is 14.9 Å². The van der Waals surface area contributed by atoms with Crippen molar-refractivity contribution in [1.82, 2.24) is 14.9 Å². The lowest BCUT2D eigenvalue weighted by atomic mass is 9.87. The molecule has 3 rings (SSSR count). The van der Waals surface area contributed by atoms with Gasteiger partial charge in [-0.3, -0.25) is 4.79 Å². The highest BCUT2D eigenvalue weighted by Crippen LogP contribution is 2.31. The van der Waals surface area contributed by atoms with E-state index in [1.54, 1.807) is 19.1 Å². The molecule has 0 fully saturated rings. The Morgan fingerprint density at radius 1 is 1.43 bits per heavy atom. The molecule has 1 aliphatic carbocycles. The molecule has 0 aliphatic heterocycles. The lowest BCUT2D eigenvalue weighted by molar-refractivity contribution is 0.0936. The Kier molecular flexibility index (Phi) is 4.17. The summed E-state index contributed by atoms with van der Waals surface area (Å²) in [6, 6.07) is 4.67. The summed E-state index contributed by atoms with van der Waals surface area (Å²) in [5.41, 5.74) is 2.45. The standard InChI is InChI=1S/C14H16N4O3S2/c1-8-13(22-18-17-8)14(19)16-12-4-2-3-9-7-10(23(15,20)21)5-6-11(9)12/h5-7,12H,2-4H2,1H3,(H,16,19)(H2,15,20,21). The molecule has 1 aromatic carbocycles. The van der Waals surface area contributed by atoms with Gasteiger partial charge in [0.05, 0.1) is 16.6 Å². The Hall–Kier alpha value is -1.84. The number of carbonyl (C=O) groups excluding carboxylic acids is 1. The van der Waals surface area contributed by atoms with Crippen LogP contribution in [-0.4, -0.2) is 23.9 Å². The molecule has 0 bridgehead atoms. The fraction of sp³-hybridized carbons (Fsp3) is 0.357. The number of fused-ring (bicyclic) bond motifs is 1. The maximum Gasteiger partial charge on any atom is 0.265 e. The molecule has 1 amide bonds. The minimum absolute atomic E-state index is 0.103. The molecule has 0 spiro atoms. The first-order valence-electron chi connectivity index (χ1n) is 7.11. The SMILES string of the molecule is Cc1nnsc1C(=O)NC1CCCc2cc(S(N)(=O)=O)ccc21. The number of nitrogens with one attached hydrogen (secondary N) is 1. The van der Waals surface area contributed by atoms with Crippen molar-refractivity contribution in [3.63, 3.8) is 0 Å². The number of aromatic nitrogens is 2. The number of carbonyl (C=O) groups is 1. The summed E-state index contributed by atoms with van der Waals surface area (Å²) in [5.74, 6) is -0.203. The first-order chi connectivity index (χ1) is 10.9. The molecule has 23 heavy (non-hydrogen) atoms. The number of hydrogen-bond donors (Lipinski definition) is 2. The van der Waals surface area contributed by atoms with E-state index in [0.29, 0.717) is 10.6 Å². The third-order valence-electron chi connectivity index (χ3n) is 3.92. The molecular weight excluding hydrogens is 336 g/mol. The zero-order valence-corrected chi connectivity index (χ0v) is 14.1. The summed E-state index contributed by atoms with van der Waals surface area (Å²) >= 11 is 1.06. The largest absolute Gasteiger partial charge is 0.344 e. The minimum Gasteiger partial charge on any atom is -0.344 e. The van der Waals surface area contributed by atoms with E-state index in [9.17, 15) is 13.2 Å². The Morgan fingerprint density at radius 2 is 2.22 bits per heavy atom. The monoisotopic (exact) mass is 352 g/mol. The third-order valence-corrected chi connectivity index (χ3v) is 5.66. The second-order valence-corrected chi connectivity index (χ2v) is 7.83. The molecule has 1 aromatic heterocycles. The molecular formula is C14H16N4O3S2. The Bertz CT molecular complexity index is 861. The summed E-state index contributed by atoms with van der Waals surface area (Å²) in [7, 11) is -3.72. The molecule has 3 N–H and O–H groups in total. The number of hydrogen-bond acceptors (Lipinski definition) is 6. The lowest BCUT2D eigenvalue weighted by Gasteiger charge is -2.26. The Morgan fingerprint density at radius 3 is 2.87 bits per heavy atom. The first kappa shape index (κ1) is 16.0. The van der Waals surface area contributed by atoms with Crippen molar-refractivity contribution in [2.45, 2.75) is 37.1 Å². The zero-order chi connectivity index (χ0) is 16.6. The van der Waals surface area contributed by atoms with Gasteiger partial charge in [-0.15, -0.1) is 5.10 Å². The van der Waals surface area contributed by atoms with Crippen molar-refractivity contribution < 1.29 is 13.2 Å². The van der Waals surface area contributed by atoms with Gasteiger partial charge in [0.2, 0.25) is 10.0 Å². The zero-order valence-electron chi connectivity index (χ0n) is 12.4. The number of aryl methyl sites for hydroxylation is 2. The van der Waals surface area contributed by atoms with Crippen LogP contribution in [0.1, 0.15) is 45.4 Å². The van der Waals surface area contributed by atoms with Crippen LogP contribution in [0.25, 0.3) is 0 Å². The van der Waals surface area contributed by atoms with Crippen LogP contribution in [0.2, 0.25) is 0 Å². The van der Waals surface area contributed by atoms with Crippen molar-refractivity contribution in [3.8, 4) is 0 Å². The maximum absolute atomic E-state index is 12.3. The van der Waals surface area contributed by atoms with Gasteiger partial charge < -0.3 is 5.32 Å². The Labute approximate surface area is 138 Å². The molecule has 1 heterocycles. The molecule has 7 nitrogen and oxygen atoms in total. The van der Waals surface area contributed by atoms with Gasteiger partial charge in [-0.05, 0) is 61.0 Å². The average Bonchev–Trinajstić information content (AvgIpc) is 2.92. The van der Waals surface area contributed by atoms with Gasteiger partial charge in [0.1, 0.15) is 4.88 Å². The molecule has 1 unspecified atom stereocenters. The van der Waals surface area contributed by atoms with Gasteiger partial charge in [0.15, 0.2) is 0 Å². The van der Waals surface area contributed by atoms with Gasteiger partial charge in [0.25, 0.3) is 5.91 Å². The van der Waals surface area contributed by atoms with Gasteiger partial charge >= 0.3 is 0 Å². The van der Waals surface area contributed by atoms with Crippen molar-refractivity contribution >= 4 is 27.5 Å². The maximum atomic E-state index is 12.3. The molecule has 0 saturated carbocycles. The number of sulfonamides is 1. The fourth-order valence-electron chi connectivity index (χ4n) is 2.78. The molecule has 0 radical (unpaired) electrons. The van der Waals surface area contributed by atoms with Gasteiger partial charge in [-0.1, -0.05) is 10.6 Å². The Balaban J connectivity index is 1.87. The number of primary sulfonamides is 1. The lowest BCUT2D eigenvalue weighted by Crippen LogP contribution is -2.31. The van der Waals surface area contributed by atoms with E-state index in [-0.39, 0.29) is 16.8 Å². The van der Waals surface area contributed by atoms with E-state index in [4.69, 9.17) is 5.14 Å². The van der Waals surface area contributed by atoms with Crippen LogP contribution in [0, 0.1) is 6.92 Å². The number of rotatable bonds is 3. The summed E-state index contributed by atoms with van der Waals surface area (Å²) in [6.45, 7) is 1.74. The third kappa shape index (κ3) is 3.26. The van der Waals surface area contributed by atoms with Gasteiger partial charge in [-0.2, -0.15) is 0 Å². The van der Waals surface area contributed by atoms with Crippen molar-refractivity contribution in [1.29, 1.82) is 0 Å². The molecule has 122 valence electrons. The summed E-state index contributed by atoms with van der Waals surface area (Å²) < 4.78 is 26.7. The topological polar surface area (TPSA) is 115 Å². The molecule has 1 atom stereocenters. The molecule has 9 heteroatoms. The van der Waals surface area contributed by atoms with E-state index in [1.165, 1.54) is 6.07 Å². The second-order valence-electron chi connectivity index (χ2n) is 5.51. The van der Waals surface area contributed by atoms with Crippen molar-refractivity contribution in [3.05, 3.63) is 39.9 Å². The van der Waals surface area contributed by atoms with Crippen molar-refractivity contribution in [2.24, 2.45) is 5.14 Å². The predicted octanol–water partition coefficient (Wildman–Crippen LogP) is 1.30. The van der Waals surface area contributed by atoms with Crippen molar-refractivity contribution in [2.75, 3.05) is 0 Å². The second kappa shape index (κ2) is 5.99. The highest BCUT2D eigenvalue weighted by atomic mass is 32.2. The predicted molar refractivity (Wildman–Crippen MR) is 85.6 cm³/mol. The number of nitrogens with zero attached hydrogens (tertiary/aromatic N) is 2. The highest BCUT2D eigenvalue weighted by Gasteiger charge is 2.25. The van der Waals surface area contributed by atoms with Crippen LogP contribution >= 0.6 is 11.5 Å².